The van der Waals surface area contributed by atoms with Gasteiger partial charge in [0.1, 0.15) is 5.82 Å². The maximum Gasteiger partial charge on any atom is 0.119 e. The third kappa shape index (κ3) is 3.97. The predicted molar refractivity (Wildman–Crippen MR) is 231 cm³/mol. The van der Waals surface area contributed by atoms with Crippen LogP contribution in [0.25, 0.3) is 72.5 Å². The number of aromatic nitrogens is 4. The second-order valence-corrected chi connectivity index (χ2v) is 15.4. The Hall–Kier alpha value is -7.50. The van der Waals surface area contributed by atoms with E-state index in [0.29, 0.717) is 0 Å². The van der Waals surface area contributed by atoms with E-state index in [1.807, 2.05) is 24.7 Å². The molecule has 13 rings (SSSR count). The van der Waals surface area contributed by atoms with E-state index in [1.54, 1.807) is 0 Å². The number of hydrogen-bond acceptors (Lipinski definition) is 3. The van der Waals surface area contributed by atoms with Crippen LogP contribution in [0.4, 0.5) is 5.82 Å². The molecule has 266 valence electrons. The number of nitrogens with zero attached hydrogens (tertiary/aromatic N) is 4. The van der Waals surface area contributed by atoms with Crippen LogP contribution in [-0.4, -0.2) is 19.1 Å². The minimum Gasteiger partial charge on any atom is -0.360 e. The molecular formula is C52H33N5. The van der Waals surface area contributed by atoms with Gasteiger partial charge in [0.15, 0.2) is 0 Å². The number of pyridine rings is 2. The van der Waals surface area contributed by atoms with Crippen molar-refractivity contribution in [3.8, 4) is 33.6 Å². The van der Waals surface area contributed by atoms with Gasteiger partial charge in [-0.1, -0.05) is 115 Å². The summed E-state index contributed by atoms with van der Waals surface area (Å²) in [6, 6.07) is 60.0. The third-order valence-corrected chi connectivity index (χ3v) is 12.8. The SMILES string of the molecule is C1=C2C(Nc3c1c1ccccc1n3-c1ccc(-c3ccc(-n4c5ccncc5c5ncccc54)cc3)cc1)c1ccccc1C21c2ccccc2-c2ccccc21. The monoisotopic (exact) mass is 727 g/mol. The van der Waals surface area contributed by atoms with Gasteiger partial charge in [0.05, 0.1) is 33.5 Å². The average molecular weight is 728 g/mol. The van der Waals surface area contributed by atoms with Gasteiger partial charge >= 0.3 is 0 Å². The van der Waals surface area contributed by atoms with Crippen molar-refractivity contribution in [2.75, 3.05) is 5.32 Å². The molecule has 5 heteroatoms. The minimum absolute atomic E-state index is 0.0235. The second-order valence-electron chi connectivity index (χ2n) is 15.4. The van der Waals surface area contributed by atoms with Crippen LogP contribution in [0.3, 0.4) is 0 Å². The van der Waals surface area contributed by atoms with Gasteiger partial charge in [-0.05, 0) is 105 Å². The fourth-order valence-corrected chi connectivity index (χ4v) is 10.5. The van der Waals surface area contributed by atoms with Gasteiger partial charge in [-0.15, -0.1) is 0 Å². The van der Waals surface area contributed by atoms with E-state index >= 15 is 0 Å². The molecule has 0 saturated carbocycles. The van der Waals surface area contributed by atoms with Crippen molar-refractivity contribution >= 4 is 44.7 Å². The number of benzene rings is 6. The fourth-order valence-electron chi connectivity index (χ4n) is 10.5. The fraction of sp³-hybridized carbons (Fsp3) is 0.0385. The van der Waals surface area contributed by atoms with Gasteiger partial charge in [-0.3, -0.25) is 14.5 Å². The molecule has 1 aliphatic heterocycles. The molecule has 10 aromatic rings. The van der Waals surface area contributed by atoms with Gasteiger partial charge < -0.3 is 9.88 Å². The van der Waals surface area contributed by atoms with Crippen molar-refractivity contribution in [3.05, 3.63) is 216 Å². The number of fused-ring (bicyclic) bond motifs is 16. The third-order valence-electron chi connectivity index (χ3n) is 12.8. The molecule has 0 radical (unpaired) electrons. The lowest BCUT2D eigenvalue weighted by atomic mass is 9.69. The van der Waals surface area contributed by atoms with Crippen LogP contribution in [0.5, 0.6) is 0 Å². The van der Waals surface area contributed by atoms with Crippen LogP contribution in [-0.2, 0) is 5.41 Å². The van der Waals surface area contributed by atoms with Crippen LogP contribution >= 0.6 is 0 Å². The number of hydrogen-bond donors (Lipinski definition) is 1. The summed E-state index contributed by atoms with van der Waals surface area (Å²) in [7, 11) is 0. The zero-order chi connectivity index (χ0) is 37.2. The molecular weight excluding hydrogens is 695 g/mol. The highest BCUT2D eigenvalue weighted by molar-refractivity contribution is 6.06. The molecule has 0 saturated heterocycles. The van der Waals surface area contributed by atoms with Crippen molar-refractivity contribution in [2.45, 2.75) is 11.5 Å². The van der Waals surface area contributed by atoms with E-state index in [2.05, 4.69) is 188 Å². The van der Waals surface area contributed by atoms with Crippen molar-refractivity contribution in [2.24, 2.45) is 0 Å². The summed E-state index contributed by atoms with van der Waals surface area (Å²) in [5.41, 5.74) is 19.3. The molecule has 57 heavy (non-hydrogen) atoms. The summed E-state index contributed by atoms with van der Waals surface area (Å²) in [4.78, 5) is 9.06. The van der Waals surface area contributed by atoms with Crippen LogP contribution < -0.4 is 5.32 Å². The maximum atomic E-state index is 4.68. The van der Waals surface area contributed by atoms with Crippen molar-refractivity contribution in [1.82, 2.24) is 19.1 Å². The lowest BCUT2D eigenvalue weighted by molar-refractivity contribution is 0.744. The Balaban J connectivity index is 0.933. The van der Waals surface area contributed by atoms with Gasteiger partial charge in [0.25, 0.3) is 0 Å². The number of rotatable bonds is 3. The van der Waals surface area contributed by atoms with Crippen LogP contribution in [0.15, 0.2) is 188 Å². The van der Waals surface area contributed by atoms with Crippen LogP contribution in [0.1, 0.15) is 33.9 Å². The first-order chi connectivity index (χ1) is 28.3. The molecule has 3 aliphatic rings. The Kier molecular flexibility index (Phi) is 6.09. The highest BCUT2D eigenvalue weighted by atomic mass is 15.1. The van der Waals surface area contributed by atoms with E-state index in [-0.39, 0.29) is 11.5 Å². The topological polar surface area (TPSA) is 47.7 Å². The molecule has 6 aromatic carbocycles. The van der Waals surface area contributed by atoms with Gasteiger partial charge in [-0.2, -0.15) is 0 Å². The smallest absolute Gasteiger partial charge is 0.119 e. The maximum absolute atomic E-state index is 4.68. The summed E-state index contributed by atoms with van der Waals surface area (Å²) in [5.74, 6) is 1.13. The molecule has 5 heterocycles. The van der Waals surface area contributed by atoms with Crippen molar-refractivity contribution in [3.63, 3.8) is 0 Å². The molecule has 2 aliphatic carbocycles. The van der Waals surface area contributed by atoms with Gasteiger partial charge in [0, 0.05) is 46.3 Å². The first-order valence-electron chi connectivity index (χ1n) is 19.6. The van der Waals surface area contributed by atoms with E-state index in [9.17, 15) is 0 Å². The highest BCUT2D eigenvalue weighted by Gasteiger charge is 2.56. The zero-order valence-electron chi connectivity index (χ0n) is 30.8. The minimum atomic E-state index is -0.366. The normalized spacial score (nSPS) is 15.6. The number of para-hydroxylation sites is 1. The van der Waals surface area contributed by atoms with Gasteiger partial charge in [0.2, 0.25) is 0 Å². The van der Waals surface area contributed by atoms with E-state index in [4.69, 9.17) is 0 Å². The molecule has 1 N–H and O–H groups in total. The summed E-state index contributed by atoms with van der Waals surface area (Å²) >= 11 is 0. The Bertz CT molecular complexity index is 3230. The lowest BCUT2D eigenvalue weighted by Crippen LogP contribution is -2.29. The van der Waals surface area contributed by atoms with E-state index in [0.717, 1.165) is 39.1 Å². The molecule has 5 nitrogen and oxygen atoms in total. The molecule has 1 atom stereocenters. The number of nitrogens with one attached hydrogen (secondary N) is 1. The van der Waals surface area contributed by atoms with Crippen molar-refractivity contribution in [1.29, 1.82) is 0 Å². The van der Waals surface area contributed by atoms with Crippen LogP contribution in [0.2, 0.25) is 0 Å². The zero-order valence-corrected chi connectivity index (χ0v) is 30.8. The Morgan fingerprint density at radius 3 is 1.88 bits per heavy atom. The summed E-state index contributed by atoms with van der Waals surface area (Å²) in [6.07, 6.45) is 8.12. The number of anilines is 1. The van der Waals surface area contributed by atoms with E-state index in [1.165, 1.54) is 66.5 Å². The second kappa shape index (κ2) is 11.3. The van der Waals surface area contributed by atoms with Crippen molar-refractivity contribution < 1.29 is 0 Å². The van der Waals surface area contributed by atoms with E-state index < -0.39 is 0 Å². The first-order valence-corrected chi connectivity index (χ1v) is 19.6. The highest BCUT2D eigenvalue weighted by Crippen LogP contribution is 2.65. The molecule has 0 fully saturated rings. The largest absolute Gasteiger partial charge is 0.360 e. The molecule has 1 unspecified atom stereocenters. The molecule has 4 aromatic heterocycles. The Morgan fingerprint density at radius 1 is 0.509 bits per heavy atom. The standard InChI is InChI=1S/C52H33N5/c1-5-14-42-36(10-1)37-11-2-6-15-43(37)52(42)44-16-7-3-13-39(44)49-45(52)30-40-38-12-4-8-17-46(38)57(51(40)55-49)35-25-21-33(22-26-35)32-19-23-34(24-20-32)56-47-27-29-53-31-41(47)50-48(56)18-9-28-54-50/h1-31,49,55H. The summed E-state index contributed by atoms with van der Waals surface area (Å²) in [6.45, 7) is 0. The predicted octanol–water partition coefficient (Wildman–Crippen LogP) is 12.1. The Morgan fingerprint density at radius 2 is 1.12 bits per heavy atom. The summed E-state index contributed by atoms with van der Waals surface area (Å²) < 4.78 is 4.69. The summed E-state index contributed by atoms with van der Waals surface area (Å²) in [5, 5.41) is 6.46. The molecule has 1 spiro atoms. The Labute approximate surface area is 328 Å². The molecule has 0 bridgehead atoms. The molecule has 0 amide bonds. The average Bonchev–Trinajstić information content (AvgIpc) is 3.98. The lowest BCUT2D eigenvalue weighted by Gasteiger charge is -2.34. The van der Waals surface area contributed by atoms with Crippen LogP contribution in [0, 0.1) is 0 Å². The first kappa shape index (κ1) is 30.8. The van der Waals surface area contributed by atoms with Gasteiger partial charge in [-0.25, -0.2) is 0 Å². The quantitative estimate of drug-likeness (QED) is 0.197.